The van der Waals surface area contributed by atoms with Gasteiger partial charge in [0.1, 0.15) is 0 Å². The second-order valence-electron chi connectivity index (χ2n) is 3.85. The van der Waals surface area contributed by atoms with Crippen LogP contribution in [-0.4, -0.2) is 23.6 Å². The van der Waals surface area contributed by atoms with E-state index in [9.17, 15) is 8.42 Å². The SMILES string of the molecule is O=S(=O)(NCc1cnc[nH]1)C1CCCC1. The van der Waals surface area contributed by atoms with Crippen LogP contribution in [0.4, 0.5) is 0 Å². The van der Waals surface area contributed by atoms with Crippen LogP contribution in [0, 0.1) is 0 Å². The molecule has 6 heteroatoms. The minimum absolute atomic E-state index is 0.194. The molecule has 0 aliphatic heterocycles. The molecule has 5 nitrogen and oxygen atoms in total. The van der Waals surface area contributed by atoms with Crippen molar-refractivity contribution in [1.82, 2.24) is 14.7 Å². The number of imidazole rings is 1. The maximum atomic E-state index is 11.8. The largest absolute Gasteiger partial charge is 0.347 e. The van der Waals surface area contributed by atoms with Gasteiger partial charge in [-0.05, 0) is 12.8 Å². The number of H-pyrrole nitrogens is 1. The molecule has 1 aromatic heterocycles. The Morgan fingerprint density at radius 1 is 1.47 bits per heavy atom. The Kier molecular flexibility index (Phi) is 3.06. The predicted molar refractivity (Wildman–Crippen MR) is 56.6 cm³/mol. The van der Waals surface area contributed by atoms with E-state index >= 15 is 0 Å². The standard InChI is InChI=1S/C9H15N3O2S/c13-15(14,9-3-1-2-4-9)12-6-8-5-10-7-11-8/h5,7,9,12H,1-4,6H2,(H,10,11). The summed E-state index contributed by atoms with van der Waals surface area (Å²) in [6, 6.07) is 0. The molecular formula is C9H15N3O2S. The lowest BCUT2D eigenvalue weighted by Gasteiger charge is -2.11. The third kappa shape index (κ3) is 2.57. The second-order valence-corrected chi connectivity index (χ2v) is 5.89. The molecule has 0 aromatic carbocycles. The Labute approximate surface area is 89.4 Å². The number of nitrogens with zero attached hydrogens (tertiary/aromatic N) is 1. The topological polar surface area (TPSA) is 74.8 Å². The third-order valence-electron chi connectivity index (χ3n) is 2.76. The summed E-state index contributed by atoms with van der Waals surface area (Å²) in [6.07, 6.45) is 6.79. The van der Waals surface area contributed by atoms with Crippen molar-refractivity contribution in [2.75, 3.05) is 0 Å². The molecule has 0 saturated heterocycles. The molecule has 15 heavy (non-hydrogen) atoms. The van der Waals surface area contributed by atoms with Crippen LogP contribution < -0.4 is 4.72 Å². The second kappa shape index (κ2) is 4.32. The van der Waals surface area contributed by atoms with Crippen LogP contribution in [0.15, 0.2) is 12.5 Å². The van der Waals surface area contributed by atoms with Gasteiger partial charge < -0.3 is 4.98 Å². The third-order valence-corrected chi connectivity index (χ3v) is 4.66. The molecule has 0 bridgehead atoms. The zero-order chi connectivity index (χ0) is 10.7. The summed E-state index contributed by atoms with van der Waals surface area (Å²) < 4.78 is 26.2. The van der Waals surface area contributed by atoms with Gasteiger partial charge in [-0.2, -0.15) is 0 Å². The van der Waals surface area contributed by atoms with Crippen molar-refractivity contribution in [3.05, 3.63) is 18.2 Å². The van der Waals surface area contributed by atoms with Gasteiger partial charge >= 0.3 is 0 Å². The van der Waals surface area contributed by atoms with Crippen molar-refractivity contribution >= 4 is 10.0 Å². The van der Waals surface area contributed by atoms with Crippen molar-refractivity contribution in [3.8, 4) is 0 Å². The van der Waals surface area contributed by atoms with Gasteiger partial charge in [-0.25, -0.2) is 18.1 Å². The molecule has 84 valence electrons. The van der Waals surface area contributed by atoms with E-state index in [1.54, 1.807) is 12.5 Å². The molecule has 1 aliphatic carbocycles. The van der Waals surface area contributed by atoms with E-state index in [1.165, 1.54) is 0 Å². The molecule has 1 heterocycles. The Balaban J connectivity index is 1.93. The van der Waals surface area contributed by atoms with Crippen LogP contribution in [0.2, 0.25) is 0 Å². The molecule has 0 radical (unpaired) electrons. The average Bonchev–Trinajstić information content (AvgIpc) is 2.88. The fourth-order valence-electron chi connectivity index (χ4n) is 1.88. The molecule has 2 rings (SSSR count). The quantitative estimate of drug-likeness (QED) is 0.801. The molecule has 0 amide bonds. The normalized spacial score (nSPS) is 18.4. The molecule has 1 saturated carbocycles. The van der Waals surface area contributed by atoms with Crippen LogP contribution in [0.5, 0.6) is 0 Å². The van der Waals surface area contributed by atoms with Crippen molar-refractivity contribution in [3.63, 3.8) is 0 Å². The Morgan fingerprint density at radius 2 is 2.20 bits per heavy atom. The summed E-state index contributed by atoms with van der Waals surface area (Å²) in [4.78, 5) is 6.69. The van der Waals surface area contributed by atoms with Crippen molar-refractivity contribution in [1.29, 1.82) is 0 Å². The summed E-state index contributed by atoms with van der Waals surface area (Å²) in [7, 11) is -3.13. The molecule has 1 fully saturated rings. The molecule has 0 unspecified atom stereocenters. The van der Waals surface area contributed by atoms with E-state index in [0.29, 0.717) is 6.54 Å². The summed E-state index contributed by atoms with van der Waals surface area (Å²) >= 11 is 0. The summed E-state index contributed by atoms with van der Waals surface area (Å²) in [6.45, 7) is 0.304. The van der Waals surface area contributed by atoms with E-state index in [4.69, 9.17) is 0 Å². The minimum atomic E-state index is -3.13. The van der Waals surface area contributed by atoms with Crippen molar-refractivity contribution < 1.29 is 8.42 Å². The number of rotatable bonds is 4. The average molecular weight is 229 g/mol. The van der Waals surface area contributed by atoms with E-state index in [-0.39, 0.29) is 5.25 Å². The summed E-state index contributed by atoms with van der Waals surface area (Å²) in [5, 5.41) is -0.194. The van der Waals surface area contributed by atoms with E-state index in [1.807, 2.05) is 0 Å². The number of hydrogen-bond donors (Lipinski definition) is 2. The zero-order valence-corrected chi connectivity index (χ0v) is 9.26. The first-order valence-corrected chi connectivity index (χ1v) is 6.69. The maximum Gasteiger partial charge on any atom is 0.214 e. The monoisotopic (exact) mass is 229 g/mol. The number of hydrogen-bond acceptors (Lipinski definition) is 3. The van der Waals surface area contributed by atoms with Crippen LogP contribution in [0.25, 0.3) is 0 Å². The first kappa shape index (κ1) is 10.6. The lowest BCUT2D eigenvalue weighted by Crippen LogP contribution is -2.32. The van der Waals surface area contributed by atoms with Crippen LogP contribution >= 0.6 is 0 Å². The molecule has 0 atom stereocenters. The molecule has 0 spiro atoms. The van der Waals surface area contributed by atoms with Gasteiger partial charge in [0.15, 0.2) is 0 Å². The van der Waals surface area contributed by atoms with Gasteiger partial charge in [0.25, 0.3) is 0 Å². The van der Waals surface area contributed by atoms with E-state index in [0.717, 1.165) is 31.4 Å². The lowest BCUT2D eigenvalue weighted by molar-refractivity contribution is 0.563. The number of aromatic nitrogens is 2. The Bertz CT molecular complexity index is 393. The molecule has 1 aromatic rings. The summed E-state index contributed by atoms with van der Waals surface area (Å²) in [5.74, 6) is 0. The van der Waals surface area contributed by atoms with Gasteiger partial charge in [0.05, 0.1) is 18.1 Å². The Hall–Kier alpha value is -0.880. The maximum absolute atomic E-state index is 11.8. The van der Waals surface area contributed by atoms with E-state index < -0.39 is 10.0 Å². The molecule has 1 aliphatic rings. The number of sulfonamides is 1. The highest BCUT2D eigenvalue weighted by Crippen LogP contribution is 2.23. The number of nitrogens with one attached hydrogen (secondary N) is 2. The Morgan fingerprint density at radius 3 is 2.80 bits per heavy atom. The van der Waals surface area contributed by atoms with Gasteiger partial charge in [0.2, 0.25) is 10.0 Å². The van der Waals surface area contributed by atoms with E-state index in [2.05, 4.69) is 14.7 Å². The predicted octanol–water partition coefficient (Wildman–Crippen LogP) is 0.772. The molecular weight excluding hydrogens is 214 g/mol. The van der Waals surface area contributed by atoms with Gasteiger partial charge in [0, 0.05) is 11.9 Å². The van der Waals surface area contributed by atoms with Crippen LogP contribution in [-0.2, 0) is 16.6 Å². The smallest absolute Gasteiger partial charge is 0.214 e. The zero-order valence-electron chi connectivity index (χ0n) is 8.44. The van der Waals surface area contributed by atoms with Gasteiger partial charge in [-0.3, -0.25) is 0 Å². The lowest BCUT2D eigenvalue weighted by atomic mass is 10.4. The first-order valence-electron chi connectivity index (χ1n) is 5.14. The highest BCUT2D eigenvalue weighted by atomic mass is 32.2. The van der Waals surface area contributed by atoms with Crippen molar-refractivity contribution in [2.45, 2.75) is 37.5 Å². The first-order chi connectivity index (χ1) is 7.18. The fourth-order valence-corrected chi connectivity index (χ4v) is 3.42. The highest BCUT2D eigenvalue weighted by molar-refractivity contribution is 7.90. The van der Waals surface area contributed by atoms with Crippen LogP contribution in [0.1, 0.15) is 31.4 Å². The molecule has 2 N–H and O–H groups in total. The minimum Gasteiger partial charge on any atom is -0.347 e. The number of aromatic amines is 1. The van der Waals surface area contributed by atoms with Crippen LogP contribution in [0.3, 0.4) is 0 Å². The highest BCUT2D eigenvalue weighted by Gasteiger charge is 2.28. The van der Waals surface area contributed by atoms with Gasteiger partial charge in [-0.1, -0.05) is 12.8 Å². The fraction of sp³-hybridized carbons (Fsp3) is 0.667. The van der Waals surface area contributed by atoms with Gasteiger partial charge in [-0.15, -0.1) is 0 Å². The van der Waals surface area contributed by atoms with Crippen molar-refractivity contribution in [2.24, 2.45) is 0 Å². The summed E-state index contributed by atoms with van der Waals surface area (Å²) in [5.41, 5.74) is 0.788.